The first kappa shape index (κ1) is 20.0. The van der Waals surface area contributed by atoms with Crippen LogP contribution in [0.3, 0.4) is 0 Å². The Hall–Kier alpha value is -3.93. The number of fused-ring (bicyclic) bond motifs is 2. The predicted octanol–water partition coefficient (Wildman–Crippen LogP) is 5.32. The summed E-state index contributed by atoms with van der Waals surface area (Å²) in [4.78, 5) is 15.3. The zero-order valence-electron chi connectivity index (χ0n) is 17.2. The van der Waals surface area contributed by atoms with Crippen molar-refractivity contribution in [3.8, 4) is 16.9 Å². The second-order valence-electron chi connectivity index (χ2n) is 7.98. The van der Waals surface area contributed by atoms with Crippen LogP contribution in [0.4, 0.5) is 10.2 Å². The number of hydrogen-bond donors (Lipinski definition) is 2. The van der Waals surface area contributed by atoms with Crippen LogP contribution >= 0.6 is 0 Å². The number of carbonyl (C=O) groups is 1. The molecule has 6 heteroatoms. The molecule has 32 heavy (non-hydrogen) atoms. The number of benzene rings is 3. The molecular formula is C26H21FN2O3. The topological polar surface area (TPSA) is 85.4 Å². The van der Waals surface area contributed by atoms with Crippen LogP contribution in [0.5, 0.6) is 5.75 Å². The second kappa shape index (κ2) is 7.96. The molecule has 1 atom stereocenters. The van der Waals surface area contributed by atoms with E-state index in [9.17, 15) is 9.90 Å². The Labute approximate surface area is 184 Å². The molecule has 3 N–H and O–H groups in total. The van der Waals surface area contributed by atoms with Crippen molar-refractivity contribution in [2.45, 2.75) is 25.4 Å². The average molecular weight is 428 g/mol. The van der Waals surface area contributed by atoms with Gasteiger partial charge in [0.15, 0.2) is 0 Å². The van der Waals surface area contributed by atoms with Crippen LogP contribution in [-0.2, 0) is 17.6 Å². The maximum absolute atomic E-state index is 15.0. The standard InChI is InChI=1S/C26H21FN2O3/c27-22-13-18(16-6-5-15-9-10-29-26(28)20(15)11-16)12-21-19(22)7-8-24(21)32-23-4-2-1-3-17(23)14-25(30)31/h1-6,9-13,24H,7-8,14H2,(H2,28,29)(H,30,31). The minimum Gasteiger partial charge on any atom is -0.485 e. The van der Waals surface area contributed by atoms with E-state index in [2.05, 4.69) is 4.98 Å². The number of anilines is 1. The number of hydrogen-bond acceptors (Lipinski definition) is 4. The summed E-state index contributed by atoms with van der Waals surface area (Å²) < 4.78 is 21.2. The Morgan fingerprint density at radius 1 is 1.12 bits per heavy atom. The molecule has 0 bridgehead atoms. The minimum absolute atomic E-state index is 0.128. The lowest BCUT2D eigenvalue weighted by Gasteiger charge is -2.18. The molecule has 0 spiro atoms. The number of nitrogens with two attached hydrogens (primary N) is 1. The van der Waals surface area contributed by atoms with Gasteiger partial charge < -0.3 is 15.6 Å². The molecule has 4 aromatic rings. The van der Waals surface area contributed by atoms with Gasteiger partial charge in [-0.15, -0.1) is 0 Å². The highest BCUT2D eigenvalue weighted by atomic mass is 19.1. The lowest BCUT2D eigenvalue weighted by Crippen LogP contribution is -2.08. The Balaban J connectivity index is 1.52. The third kappa shape index (κ3) is 3.64. The van der Waals surface area contributed by atoms with Crippen molar-refractivity contribution in [2.75, 3.05) is 5.73 Å². The largest absolute Gasteiger partial charge is 0.485 e. The van der Waals surface area contributed by atoms with E-state index in [4.69, 9.17) is 10.5 Å². The monoisotopic (exact) mass is 428 g/mol. The Morgan fingerprint density at radius 2 is 1.97 bits per heavy atom. The molecule has 5 rings (SSSR count). The highest BCUT2D eigenvalue weighted by molar-refractivity contribution is 5.94. The molecule has 1 aromatic heterocycles. The van der Waals surface area contributed by atoms with Crippen molar-refractivity contribution in [3.63, 3.8) is 0 Å². The van der Waals surface area contributed by atoms with Gasteiger partial charge in [-0.25, -0.2) is 9.37 Å². The molecule has 1 heterocycles. The number of aliphatic carboxylic acids is 1. The van der Waals surface area contributed by atoms with Crippen molar-refractivity contribution in [3.05, 3.63) is 89.4 Å². The number of ether oxygens (including phenoxy) is 1. The number of nitrogens with zero attached hydrogens (tertiary/aromatic N) is 1. The molecular weight excluding hydrogens is 407 g/mol. The van der Waals surface area contributed by atoms with Crippen LogP contribution in [0, 0.1) is 5.82 Å². The zero-order valence-corrected chi connectivity index (χ0v) is 17.2. The van der Waals surface area contributed by atoms with Crippen molar-refractivity contribution < 1.29 is 19.0 Å². The van der Waals surface area contributed by atoms with E-state index < -0.39 is 5.97 Å². The van der Waals surface area contributed by atoms with Crippen molar-refractivity contribution in [2.24, 2.45) is 0 Å². The summed E-state index contributed by atoms with van der Waals surface area (Å²) in [7, 11) is 0. The number of para-hydroxylation sites is 1. The van der Waals surface area contributed by atoms with Gasteiger partial charge >= 0.3 is 5.97 Å². The number of pyridine rings is 1. The number of carboxylic acid groups (broad SMARTS) is 1. The van der Waals surface area contributed by atoms with Crippen molar-refractivity contribution in [1.29, 1.82) is 0 Å². The lowest BCUT2D eigenvalue weighted by molar-refractivity contribution is -0.136. The van der Waals surface area contributed by atoms with Crippen LogP contribution < -0.4 is 10.5 Å². The van der Waals surface area contributed by atoms with E-state index in [1.807, 2.05) is 30.3 Å². The summed E-state index contributed by atoms with van der Waals surface area (Å²) in [5.41, 5.74) is 9.66. The van der Waals surface area contributed by atoms with Crippen LogP contribution in [0.1, 0.15) is 29.2 Å². The third-order valence-electron chi connectivity index (χ3n) is 5.95. The van der Waals surface area contributed by atoms with Crippen LogP contribution in [-0.4, -0.2) is 16.1 Å². The highest BCUT2D eigenvalue weighted by Gasteiger charge is 2.28. The molecule has 160 valence electrons. The maximum atomic E-state index is 15.0. The molecule has 0 saturated heterocycles. The summed E-state index contributed by atoms with van der Waals surface area (Å²) in [5, 5.41) is 11.0. The Kier molecular flexibility index (Phi) is 4.98. The summed E-state index contributed by atoms with van der Waals surface area (Å²) in [6, 6.07) is 18.3. The smallest absolute Gasteiger partial charge is 0.307 e. The Morgan fingerprint density at radius 3 is 2.81 bits per heavy atom. The van der Waals surface area contributed by atoms with Gasteiger partial charge in [-0.3, -0.25) is 4.79 Å². The maximum Gasteiger partial charge on any atom is 0.307 e. The molecule has 0 saturated carbocycles. The first-order valence-electron chi connectivity index (χ1n) is 10.4. The fourth-order valence-corrected chi connectivity index (χ4v) is 4.38. The van der Waals surface area contributed by atoms with Gasteiger partial charge in [0.2, 0.25) is 0 Å². The number of halogens is 1. The highest BCUT2D eigenvalue weighted by Crippen LogP contribution is 2.40. The van der Waals surface area contributed by atoms with Crippen LogP contribution in [0.25, 0.3) is 21.9 Å². The second-order valence-corrected chi connectivity index (χ2v) is 7.98. The van der Waals surface area contributed by atoms with E-state index >= 15 is 4.39 Å². The van der Waals surface area contributed by atoms with E-state index in [1.54, 1.807) is 36.5 Å². The van der Waals surface area contributed by atoms with Gasteiger partial charge in [0.05, 0.1) is 6.42 Å². The fraction of sp³-hybridized carbons (Fsp3) is 0.154. The van der Waals surface area contributed by atoms with Gasteiger partial charge in [-0.05, 0) is 70.8 Å². The van der Waals surface area contributed by atoms with E-state index in [0.29, 0.717) is 35.5 Å². The number of nitrogen functional groups attached to an aromatic ring is 1. The van der Waals surface area contributed by atoms with Gasteiger partial charge in [-0.1, -0.05) is 30.3 Å². The minimum atomic E-state index is -0.925. The summed E-state index contributed by atoms with van der Waals surface area (Å²) in [5.74, 6) is -0.238. The van der Waals surface area contributed by atoms with Crippen LogP contribution in [0.2, 0.25) is 0 Å². The molecule has 0 radical (unpaired) electrons. The molecule has 3 aromatic carbocycles. The summed E-state index contributed by atoms with van der Waals surface area (Å²) >= 11 is 0. The van der Waals surface area contributed by atoms with Gasteiger partial charge in [0, 0.05) is 17.1 Å². The molecule has 1 aliphatic rings. The van der Waals surface area contributed by atoms with Gasteiger partial charge in [0.1, 0.15) is 23.5 Å². The Bertz CT molecular complexity index is 1350. The molecule has 0 amide bonds. The van der Waals surface area contributed by atoms with Gasteiger partial charge in [0.25, 0.3) is 0 Å². The predicted molar refractivity (Wildman–Crippen MR) is 121 cm³/mol. The number of carboxylic acids is 1. The fourth-order valence-electron chi connectivity index (χ4n) is 4.38. The third-order valence-corrected chi connectivity index (χ3v) is 5.95. The van der Waals surface area contributed by atoms with Gasteiger partial charge in [-0.2, -0.15) is 0 Å². The quantitative estimate of drug-likeness (QED) is 0.450. The molecule has 0 fully saturated rings. The SMILES string of the molecule is Nc1nccc2ccc(-c3cc(F)c4c(c3)C(Oc3ccccc3CC(=O)O)CC4)cc12. The average Bonchev–Trinajstić information content (AvgIpc) is 3.18. The molecule has 5 nitrogen and oxygen atoms in total. The zero-order chi connectivity index (χ0) is 22.2. The van der Waals surface area contributed by atoms with Crippen molar-refractivity contribution >= 4 is 22.6 Å². The first-order chi connectivity index (χ1) is 15.5. The van der Waals surface area contributed by atoms with Crippen molar-refractivity contribution in [1.82, 2.24) is 4.98 Å². The molecule has 1 aliphatic carbocycles. The summed E-state index contributed by atoms with van der Waals surface area (Å²) in [6.07, 6.45) is 2.39. The van der Waals surface area contributed by atoms with Crippen LogP contribution in [0.15, 0.2) is 66.9 Å². The lowest BCUT2D eigenvalue weighted by atomic mass is 9.97. The molecule has 0 aliphatic heterocycles. The van der Waals surface area contributed by atoms with E-state index in [0.717, 1.165) is 27.5 Å². The molecule has 1 unspecified atom stereocenters. The van der Waals surface area contributed by atoms with E-state index in [-0.39, 0.29) is 18.3 Å². The number of aromatic nitrogens is 1. The van der Waals surface area contributed by atoms with E-state index in [1.165, 1.54) is 0 Å². The normalized spacial score (nSPS) is 15.0. The summed E-state index contributed by atoms with van der Waals surface area (Å²) in [6.45, 7) is 0. The first-order valence-corrected chi connectivity index (χ1v) is 10.4. The number of rotatable bonds is 5.